The predicted octanol–water partition coefficient (Wildman–Crippen LogP) is 2.92. The Hall–Kier alpha value is -1.38. The van der Waals surface area contributed by atoms with Crippen LogP contribution in [0.25, 0.3) is 5.57 Å². The van der Waals surface area contributed by atoms with Gasteiger partial charge in [-0.1, -0.05) is 20.4 Å². The highest BCUT2D eigenvalue weighted by Gasteiger charge is 2.24. The minimum absolute atomic E-state index is 0.158. The Morgan fingerprint density at radius 3 is 2.94 bits per heavy atom. The van der Waals surface area contributed by atoms with Gasteiger partial charge < -0.3 is 4.57 Å². The molecule has 3 nitrogen and oxygen atoms in total. The molecule has 16 heavy (non-hydrogen) atoms. The fourth-order valence-corrected chi connectivity index (χ4v) is 2.02. The lowest BCUT2D eigenvalue weighted by molar-refractivity contribution is 0.0976. The van der Waals surface area contributed by atoms with Gasteiger partial charge in [0.25, 0.3) is 0 Å². The minimum atomic E-state index is 0.158. The number of carbonyl (C=O) groups excluding carboxylic acids is 1. The molecule has 3 heteroatoms. The van der Waals surface area contributed by atoms with E-state index in [0.29, 0.717) is 18.0 Å². The lowest BCUT2D eigenvalue weighted by Crippen LogP contribution is -2.13. The van der Waals surface area contributed by atoms with Crippen molar-refractivity contribution in [3.8, 4) is 0 Å². The SMILES string of the molecule is C=C1CCC(=O)c2ncn(CCC(C)C)c21. The molecule has 0 aromatic carbocycles. The van der Waals surface area contributed by atoms with Gasteiger partial charge in [-0.15, -0.1) is 0 Å². The van der Waals surface area contributed by atoms with Gasteiger partial charge >= 0.3 is 0 Å². The van der Waals surface area contributed by atoms with Crippen molar-refractivity contribution in [1.82, 2.24) is 9.55 Å². The van der Waals surface area contributed by atoms with Gasteiger partial charge in [0.15, 0.2) is 5.78 Å². The number of fused-ring (bicyclic) bond motifs is 1. The molecule has 0 bridgehead atoms. The highest BCUT2D eigenvalue weighted by Crippen LogP contribution is 2.28. The third-order valence-corrected chi connectivity index (χ3v) is 3.04. The van der Waals surface area contributed by atoms with Gasteiger partial charge in [-0.25, -0.2) is 4.98 Å². The topological polar surface area (TPSA) is 34.9 Å². The molecule has 1 aliphatic carbocycles. The van der Waals surface area contributed by atoms with E-state index in [4.69, 9.17) is 0 Å². The highest BCUT2D eigenvalue weighted by molar-refractivity contribution is 6.01. The zero-order valence-corrected chi connectivity index (χ0v) is 9.99. The zero-order valence-electron chi connectivity index (χ0n) is 9.99. The molecule has 2 rings (SSSR count). The fourth-order valence-electron chi connectivity index (χ4n) is 2.02. The van der Waals surface area contributed by atoms with Crippen LogP contribution in [0.3, 0.4) is 0 Å². The number of allylic oxidation sites excluding steroid dienone is 1. The van der Waals surface area contributed by atoms with E-state index in [1.807, 2.05) is 0 Å². The Labute approximate surface area is 96.2 Å². The van der Waals surface area contributed by atoms with E-state index >= 15 is 0 Å². The first-order chi connectivity index (χ1) is 7.59. The second kappa shape index (κ2) is 4.24. The second-order valence-corrected chi connectivity index (χ2v) is 4.84. The number of aryl methyl sites for hydroxylation is 1. The van der Waals surface area contributed by atoms with Crippen LogP contribution in [0.2, 0.25) is 0 Å². The fraction of sp³-hybridized carbons (Fsp3) is 0.538. The Morgan fingerprint density at radius 2 is 2.25 bits per heavy atom. The van der Waals surface area contributed by atoms with E-state index in [2.05, 4.69) is 30.0 Å². The molecular formula is C13H18N2O. The van der Waals surface area contributed by atoms with Crippen molar-refractivity contribution in [1.29, 1.82) is 0 Å². The highest BCUT2D eigenvalue weighted by atomic mass is 16.1. The zero-order chi connectivity index (χ0) is 11.7. The Morgan fingerprint density at radius 1 is 1.50 bits per heavy atom. The van der Waals surface area contributed by atoms with Crippen LogP contribution in [-0.2, 0) is 6.54 Å². The smallest absolute Gasteiger partial charge is 0.183 e. The maximum atomic E-state index is 11.7. The largest absolute Gasteiger partial charge is 0.330 e. The van der Waals surface area contributed by atoms with Crippen molar-refractivity contribution in [2.24, 2.45) is 5.92 Å². The molecule has 0 atom stereocenters. The number of aromatic nitrogens is 2. The number of nitrogens with zero attached hydrogens (tertiary/aromatic N) is 2. The molecule has 0 amide bonds. The molecule has 0 fully saturated rings. The molecule has 1 heterocycles. The molecule has 0 spiro atoms. The summed E-state index contributed by atoms with van der Waals surface area (Å²) in [6.45, 7) is 9.36. The summed E-state index contributed by atoms with van der Waals surface area (Å²) in [5, 5.41) is 0. The molecule has 0 radical (unpaired) electrons. The van der Waals surface area contributed by atoms with Crippen LogP contribution in [0.5, 0.6) is 0 Å². The maximum Gasteiger partial charge on any atom is 0.183 e. The average Bonchev–Trinajstić information content (AvgIpc) is 2.65. The number of hydrogen-bond donors (Lipinski definition) is 0. The Balaban J connectivity index is 2.28. The van der Waals surface area contributed by atoms with E-state index in [1.165, 1.54) is 0 Å². The minimum Gasteiger partial charge on any atom is -0.330 e. The van der Waals surface area contributed by atoms with Crippen molar-refractivity contribution in [3.05, 3.63) is 24.3 Å². The number of Topliss-reactive ketones (excluding diaryl/α,β-unsaturated/α-hetero) is 1. The quantitative estimate of drug-likeness (QED) is 0.781. The predicted molar refractivity (Wildman–Crippen MR) is 64.3 cm³/mol. The summed E-state index contributed by atoms with van der Waals surface area (Å²) < 4.78 is 2.08. The second-order valence-electron chi connectivity index (χ2n) is 4.84. The monoisotopic (exact) mass is 218 g/mol. The first-order valence-electron chi connectivity index (χ1n) is 5.86. The van der Waals surface area contributed by atoms with Crippen molar-refractivity contribution in [2.45, 2.75) is 39.7 Å². The van der Waals surface area contributed by atoms with Crippen LogP contribution in [0, 0.1) is 5.92 Å². The summed E-state index contributed by atoms with van der Waals surface area (Å²) >= 11 is 0. The standard InChI is InChI=1S/C13H18N2O/c1-9(2)6-7-15-8-14-12-11(16)5-4-10(3)13(12)15/h8-9H,3-7H2,1-2H3. The van der Waals surface area contributed by atoms with Gasteiger partial charge in [0.1, 0.15) is 5.69 Å². The summed E-state index contributed by atoms with van der Waals surface area (Å²) in [4.78, 5) is 15.9. The Kier molecular flexibility index (Phi) is 2.95. The van der Waals surface area contributed by atoms with E-state index in [9.17, 15) is 4.79 Å². The molecule has 1 aliphatic rings. The molecule has 0 aliphatic heterocycles. The lowest BCUT2D eigenvalue weighted by Gasteiger charge is -2.16. The molecule has 0 saturated carbocycles. The van der Waals surface area contributed by atoms with Crippen LogP contribution in [-0.4, -0.2) is 15.3 Å². The summed E-state index contributed by atoms with van der Waals surface area (Å²) in [6, 6.07) is 0. The van der Waals surface area contributed by atoms with Crippen LogP contribution in [0.15, 0.2) is 12.9 Å². The van der Waals surface area contributed by atoms with Gasteiger partial charge in [-0.3, -0.25) is 4.79 Å². The molecule has 86 valence electrons. The van der Waals surface area contributed by atoms with Crippen LogP contribution in [0.4, 0.5) is 0 Å². The number of rotatable bonds is 3. The Bertz CT molecular complexity index is 429. The van der Waals surface area contributed by atoms with E-state index in [1.54, 1.807) is 6.33 Å². The number of carbonyl (C=O) groups is 1. The van der Waals surface area contributed by atoms with E-state index in [-0.39, 0.29) is 5.78 Å². The number of ketones is 1. The van der Waals surface area contributed by atoms with Crippen LogP contribution in [0.1, 0.15) is 49.3 Å². The normalized spacial score (nSPS) is 15.7. The van der Waals surface area contributed by atoms with Crippen LogP contribution >= 0.6 is 0 Å². The third-order valence-electron chi connectivity index (χ3n) is 3.04. The molecule has 0 unspecified atom stereocenters. The molecular weight excluding hydrogens is 200 g/mol. The summed E-state index contributed by atoms with van der Waals surface area (Å²) in [6.07, 6.45) is 4.22. The van der Waals surface area contributed by atoms with Gasteiger partial charge in [0.05, 0.1) is 12.0 Å². The molecule has 0 N–H and O–H groups in total. The summed E-state index contributed by atoms with van der Waals surface area (Å²) in [5.74, 6) is 0.816. The average molecular weight is 218 g/mol. The molecule has 0 saturated heterocycles. The number of hydrogen-bond acceptors (Lipinski definition) is 2. The lowest BCUT2D eigenvalue weighted by atomic mass is 9.95. The van der Waals surface area contributed by atoms with E-state index in [0.717, 1.165) is 30.7 Å². The van der Waals surface area contributed by atoms with Crippen molar-refractivity contribution in [2.75, 3.05) is 0 Å². The van der Waals surface area contributed by atoms with Crippen molar-refractivity contribution >= 4 is 11.4 Å². The molecule has 1 aromatic heterocycles. The molecule has 1 aromatic rings. The van der Waals surface area contributed by atoms with Gasteiger partial charge in [-0.05, 0) is 24.3 Å². The maximum absolute atomic E-state index is 11.7. The summed E-state index contributed by atoms with van der Waals surface area (Å²) in [5.41, 5.74) is 2.65. The van der Waals surface area contributed by atoms with Gasteiger partial charge in [0, 0.05) is 13.0 Å². The van der Waals surface area contributed by atoms with Crippen LogP contribution < -0.4 is 0 Å². The number of imidazole rings is 1. The van der Waals surface area contributed by atoms with E-state index < -0.39 is 0 Å². The van der Waals surface area contributed by atoms with Crippen molar-refractivity contribution < 1.29 is 4.79 Å². The van der Waals surface area contributed by atoms with Gasteiger partial charge in [-0.2, -0.15) is 0 Å². The summed E-state index contributed by atoms with van der Waals surface area (Å²) in [7, 11) is 0. The first-order valence-corrected chi connectivity index (χ1v) is 5.86. The van der Waals surface area contributed by atoms with Gasteiger partial charge in [0.2, 0.25) is 0 Å². The third kappa shape index (κ3) is 1.94. The van der Waals surface area contributed by atoms with Crippen molar-refractivity contribution in [3.63, 3.8) is 0 Å². The first kappa shape index (κ1) is 11.1.